The first-order valence-corrected chi connectivity index (χ1v) is 12.8. The molecule has 180 valence electrons. The molecule has 1 saturated carbocycles. The average molecular weight is 460 g/mol. The minimum absolute atomic E-state index is 0.0196. The summed E-state index contributed by atoms with van der Waals surface area (Å²) < 4.78 is 0. The van der Waals surface area contributed by atoms with Crippen LogP contribution in [0.25, 0.3) is 12.2 Å². The molecule has 4 nitrogen and oxygen atoms in total. The maximum absolute atomic E-state index is 14.0. The first-order valence-electron chi connectivity index (χ1n) is 12.8. The summed E-state index contributed by atoms with van der Waals surface area (Å²) in [6.45, 7) is 4.26. The zero-order valence-electron chi connectivity index (χ0n) is 20.5. The Hall–Kier alpha value is -3.01. The summed E-state index contributed by atoms with van der Waals surface area (Å²) in [4.78, 5) is 26.5. The lowest BCUT2D eigenvalue weighted by Crippen LogP contribution is -2.46. The van der Waals surface area contributed by atoms with Gasteiger partial charge in [-0.1, -0.05) is 113 Å². The molecule has 2 aromatic carbocycles. The lowest BCUT2D eigenvalue weighted by molar-refractivity contribution is -0.539. The van der Waals surface area contributed by atoms with Crippen molar-refractivity contribution in [2.75, 3.05) is 0 Å². The number of hydrogen-bond donors (Lipinski definition) is 0. The molecule has 1 fully saturated rings. The van der Waals surface area contributed by atoms with Crippen LogP contribution in [0.4, 0.5) is 0 Å². The minimum Gasteiger partial charge on any atom is -0.289 e. The third-order valence-corrected chi connectivity index (χ3v) is 6.87. The Morgan fingerprint density at radius 3 is 1.50 bits per heavy atom. The minimum atomic E-state index is -0.781. The van der Waals surface area contributed by atoms with E-state index >= 15 is 0 Å². The summed E-state index contributed by atoms with van der Waals surface area (Å²) in [5.74, 6) is -0.753. The van der Waals surface area contributed by atoms with Crippen molar-refractivity contribution in [1.29, 1.82) is 0 Å². The predicted molar refractivity (Wildman–Crippen MR) is 140 cm³/mol. The van der Waals surface area contributed by atoms with Crippen LogP contribution in [0.2, 0.25) is 0 Å². The predicted octanol–water partition coefficient (Wildman–Crippen LogP) is 7.77. The quantitative estimate of drug-likeness (QED) is 0.149. The van der Waals surface area contributed by atoms with Crippen molar-refractivity contribution in [2.24, 2.45) is 11.8 Å². The molecule has 2 unspecified atom stereocenters. The number of benzene rings is 2. The summed E-state index contributed by atoms with van der Waals surface area (Å²) in [5.41, 5.74) is 3.02. The Labute approximate surface area is 203 Å². The molecule has 0 amide bonds. The van der Waals surface area contributed by atoms with Crippen LogP contribution in [0.15, 0.2) is 71.8 Å². The average Bonchev–Trinajstić information content (AvgIpc) is 2.85. The monoisotopic (exact) mass is 459 g/mol. The second-order valence-corrected chi connectivity index (χ2v) is 9.33. The van der Waals surface area contributed by atoms with Gasteiger partial charge in [-0.15, -0.1) is 0 Å². The molecular weight excluding hydrogens is 422 g/mol. The fourth-order valence-electron chi connectivity index (χ4n) is 5.13. The Morgan fingerprint density at radius 2 is 1.15 bits per heavy atom. The van der Waals surface area contributed by atoms with Gasteiger partial charge >= 0.3 is 0 Å². The molecule has 0 saturated heterocycles. The summed E-state index contributed by atoms with van der Waals surface area (Å²) in [5, 5.41) is 12.6. The largest absolute Gasteiger partial charge is 0.289 e. The summed E-state index contributed by atoms with van der Waals surface area (Å²) >= 11 is 0. The number of carbonyl (C=O) groups excluding carboxylic acids is 1. The van der Waals surface area contributed by atoms with Crippen molar-refractivity contribution in [3.05, 3.63) is 93.1 Å². The van der Waals surface area contributed by atoms with Crippen LogP contribution in [0.1, 0.15) is 76.3 Å². The van der Waals surface area contributed by atoms with E-state index < -0.39 is 6.04 Å². The summed E-state index contributed by atoms with van der Waals surface area (Å²) in [6.07, 6.45) is 11.0. The van der Waals surface area contributed by atoms with Gasteiger partial charge in [-0.05, 0) is 36.1 Å². The third kappa shape index (κ3) is 6.53. The fourth-order valence-corrected chi connectivity index (χ4v) is 5.13. The van der Waals surface area contributed by atoms with E-state index in [0.717, 1.165) is 49.7 Å². The number of ketones is 1. The number of rotatable bonds is 11. The molecule has 0 aromatic heterocycles. The molecule has 0 bridgehead atoms. The van der Waals surface area contributed by atoms with Crippen molar-refractivity contribution < 1.29 is 9.72 Å². The van der Waals surface area contributed by atoms with E-state index in [4.69, 9.17) is 0 Å². The van der Waals surface area contributed by atoms with Crippen LogP contribution >= 0.6 is 0 Å². The SMILES string of the molecule is CCCCCC1C(=Cc2ccccc2)C(=O)C(=Cc2ccccc2)C(CCCCC)C1[N+](=O)[O-]. The van der Waals surface area contributed by atoms with Gasteiger partial charge < -0.3 is 0 Å². The Balaban J connectivity index is 2.13. The van der Waals surface area contributed by atoms with E-state index in [1.54, 1.807) is 0 Å². The third-order valence-electron chi connectivity index (χ3n) is 6.87. The van der Waals surface area contributed by atoms with E-state index in [-0.39, 0.29) is 22.5 Å². The van der Waals surface area contributed by atoms with E-state index in [1.165, 1.54) is 0 Å². The highest BCUT2D eigenvalue weighted by Gasteiger charge is 2.49. The number of unbranched alkanes of at least 4 members (excludes halogenated alkanes) is 4. The standard InChI is InChI=1S/C30H37NO3/c1-3-5-9-19-25-27(21-23-15-11-7-12-16-23)30(32)28(22-24-17-13-8-14-18-24)26(20-10-6-4-2)29(25)31(33)34/h7-8,11-18,21-22,25-26,29H,3-6,9-10,19-20H2,1-2H3. The molecule has 3 rings (SSSR count). The first-order chi connectivity index (χ1) is 16.6. The number of nitrogens with zero attached hydrogens (tertiary/aromatic N) is 1. The van der Waals surface area contributed by atoms with Gasteiger partial charge in [-0.2, -0.15) is 0 Å². The second kappa shape index (κ2) is 13.0. The van der Waals surface area contributed by atoms with E-state index in [2.05, 4.69) is 13.8 Å². The Kier molecular flexibility index (Phi) is 9.81. The molecule has 1 aliphatic carbocycles. The molecule has 4 heteroatoms. The highest BCUT2D eigenvalue weighted by Crippen LogP contribution is 2.43. The lowest BCUT2D eigenvalue weighted by Gasteiger charge is -2.36. The van der Waals surface area contributed by atoms with Gasteiger partial charge in [0.05, 0.1) is 11.8 Å². The smallest absolute Gasteiger partial charge is 0.226 e. The fraction of sp³-hybridized carbons (Fsp3) is 0.433. The summed E-state index contributed by atoms with van der Waals surface area (Å²) in [7, 11) is 0. The van der Waals surface area contributed by atoms with Gasteiger partial charge in [0.1, 0.15) is 0 Å². The molecule has 0 N–H and O–H groups in total. The normalized spacial score (nSPS) is 22.9. The van der Waals surface area contributed by atoms with Crippen molar-refractivity contribution in [3.8, 4) is 0 Å². The van der Waals surface area contributed by atoms with Gasteiger partial charge in [0.25, 0.3) is 0 Å². The van der Waals surface area contributed by atoms with Gasteiger partial charge in [-0.25, -0.2) is 0 Å². The highest BCUT2D eigenvalue weighted by atomic mass is 16.6. The van der Waals surface area contributed by atoms with Gasteiger partial charge in [0.2, 0.25) is 6.04 Å². The molecular formula is C30H37NO3. The Bertz CT molecular complexity index is 921. The molecule has 2 atom stereocenters. The maximum Gasteiger partial charge on any atom is 0.226 e. The number of Topliss-reactive ketones (excluding diaryl/α,β-unsaturated/α-hetero) is 1. The van der Waals surface area contributed by atoms with Crippen LogP contribution in [0.5, 0.6) is 0 Å². The van der Waals surface area contributed by atoms with Crippen molar-refractivity contribution in [1.82, 2.24) is 0 Å². The topological polar surface area (TPSA) is 60.2 Å². The van der Waals surface area contributed by atoms with Crippen LogP contribution in [0, 0.1) is 22.0 Å². The van der Waals surface area contributed by atoms with Crippen LogP contribution < -0.4 is 0 Å². The second-order valence-electron chi connectivity index (χ2n) is 9.33. The van der Waals surface area contributed by atoms with Crippen LogP contribution in [-0.2, 0) is 4.79 Å². The van der Waals surface area contributed by atoms with Crippen molar-refractivity contribution in [3.63, 3.8) is 0 Å². The maximum atomic E-state index is 14.0. The van der Waals surface area contributed by atoms with Gasteiger partial charge in [-0.3, -0.25) is 14.9 Å². The van der Waals surface area contributed by atoms with Crippen LogP contribution in [0.3, 0.4) is 0 Å². The lowest BCUT2D eigenvalue weighted by atomic mass is 9.66. The molecule has 34 heavy (non-hydrogen) atoms. The van der Waals surface area contributed by atoms with Crippen LogP contribution in [-0.4, -0.2) is 16.7 Å². The molecule has 0 aliphatic heterocycles. The van der Waals surface area contributed by atoms with Crippen molar-refractivity contribution in [2.45, 2.75) is 71.3 Å². The molecule has 2 aromatic rings. The van der Waals surface area contributed by atoms with E-state index in [1.807, 2.05) is 72.8 Å². The van der Waals surface area contributed by atoms with E-state index in [9.17, 15) is 14.9 Å². The number of hydrogen-bond acceptors (Lipinski definition) is 3. The zero-order chi connectivity index (χ0) is 24.3. The molecule has 0 heterocycles. The van der Waals surface area contributed by atoms with E-state index in [0.29, 0.717) is 24.0 Å². The molecule has 0 spiro atoms. The van der Waals surface area contributed by atoms with Gasteiger partial charge in [0.15, 0.2) is 5.78 Å². The van der Waals surface area contributed by atoms with Gasteiger partial charge in [0, 0.05) is 16.1 Å². The zero-order valence-corrected chi connectivity index (χ0v) is 20.5. The number of carbonyl (C=O) groups is 1. The first kappa shape index (κ1) is 25.6. The summed E-state index contributed by atoms with van der Waals surface area (Å²) in [6, 6.07) is 18.7. The molecule has 0 radical (unpaired) electrons. The molecule has 1 aliphatic rings. The van der Waals surface area contributed by atoms with Crippen molar-refractivity contribution >= 4 is 17.9 Å². The Morgan fingerprint density at radius 1 is 0.735 bits per heavy atom. The highest BCUT2D eigenvalue weighted by molar-refractivity contribution is 6.15. The number of nitro groups is 1.